The van der Waals surface area contributed by atoms with Crippen molar-refractivity contribution in [2.75, 3.05) is 11.9 Å². The molecule has 2 aromatic rings. The first kappa shape index (κ1) is 12.2. The largest absolute Gasteiger partial charge is 0.480 e. The SMILES string of the molecule is NC(CCNc1ccc2[nH]c(=O)oc2c1)C(=O)O. The van der Waals surface area contributed by atoms with Crippen LogP contribution in [0.25, 0.3) is 11.1 Å². The fourth-order valence-corrected chi connectivity index (χ4v) is 1.55. The van der Waals surface area contributed by atoms with Crippen LogP contribution in [0.4, 0.5) is 5.69 Å². The maximum atomic E-state index is 11.0. The molecule has 0 aliphatic carbocycles. The zero-order valence-corrected chi connectivity index (χ0v) is 9.47. The van der Waals surface area contributed by atoms with E-state index in [0.717, 1.165) is 5.69 Å². The summed E-state index contributed by atoms with van der Waals surface area (Å²) >= 11 is 0. The Labute approximate surface area is 102 Å². The summed E-state index contributed by atoms with van der Waals surface area (Å²) < 4.78 is 4.90. The van der Waals surface area contributed by atoms with E-state index in [0.29, 0.717) is 24.1 Å². The van der Waals surface area contributed by atoms with Crippen molar-refractivity contribution < 1.29 is 14.3 Å². The average molecular weight is 251 g/mol. The molecule has 0 aliphatic heterocycles. The van der Waals surface area contributed by atoms with E-state index >= 15 is 0 Å². The molecule has 1 aromatic carbocycles. The molecule has 0 saturated heterocycles. The number of benzene rings is 1. The molecule has 0 spiro atoms. The molecule has 1 heterocycles. The lowest BCUT2D eigenvalue weighted by Gasteiger charge is -2.08. The van der Waals surface area contributed by atoms with Gasteiger partial charge in [0.05, 0.1) is 5.52 Å². The maximum absolute atomic E-state index is 11.0. The van der Waals surface area contributed by atoms with Gasteiger partial charge in [0, 0.05) is 18.3 Å². The monoisotopic (exact) mass is 251 g/mol. The van der Waals surface area contributed by atoms with E-state index in [-0.39, 0.29) is 0 Å². The normalized spacial score (nSPS) is 12.5. The van der Waals surface area contributed by atoms with Crippen LogP contribution in [-0.2, 0) is 4.79 Å². The van der Waals surface area contributed by atoms with Crippen LogP contribution in [0.3, 0.4) is 0 Å². The number of aromatic amines is 1. The van der Waals surface area contributed by atoms with Gasteiger partial charge in [0.15, 0.2) is 5.58 Å². The van der Waals surface area contributed by atoms with Gasteiger partial charge in [-0.2, -0.15) is 0 Å². The smallest absolute Gasteiger partial charge is 0.417 e. The first-order valence-electron chi connectivity index (χ1n) is 5.41. The van der Waals surface area contributed by atoms with Crippen molar-refractivity contribution in [2.45, 2.75) is 12.5 Å². The molecule has 0 bridgehead atoms. The van der Waals surface area contributed by atoms with Gasteiger partial charge in [0.2, 0.25) is 0 Å². The van der Waals surface area contributed by atoms with Crippen LogP contribution in [0.1, 0.15) is 6.42 Å². The van der Waals surface area contributed by atoms with Crippen LogP contribution in [0.2, 0.25) is 0 Å². The number of rotatable bonds is 5. The number of H-pyrrole nitrogens is 1. The lowest BCUT2D eigenvalue weighted by atomic mass is 10.2. The van der Waals surface area contributed by atoms with E-state index < -0.39 is 17.8 Å². The van der Waals surface area contributed by atoms with Crippen molar-refractivity contribution in [1.29, 1.82) is 0 Å². The summed E-state index contributed by atoms with van der Waals surface area (Å²) in [6, 6.07) is 4.26. The molecule has 0 amide bonds. The van der Waals surface area contributed by atoms with Gasteiger partial charge in [-0.15, -0.1) is 0 Å². The van der Waals surface area contributed by atoms with Crippen LogP contribution >= 0.6 is 0 Å². The van der Waals surface area contributed by atoms with Gasteiger partial charge >= 0.3 is 11.7 Å². The molecule has 0 aliphatic rings. The lowest BCUT2D eigenvalue weighted by molar-refractivity contribution is -0.138. The second kappa shape index (κ2) is 4.92. The number of carboxylic acid groups (broad SMARTS) is 1. The van der Waals surface area contributed by atoms with Gasteiger partial charge < -0.3 is 20.6 Å². The van der Waals surface area contributed by atoms with E-state index in [1.165, 1.54) is 0 Å². The van der Waals surface area contributed by atoms with Gasteiger partial charge in [-0.3, -0.25) is 9.78 Å². The van der Waals surface area contributed by atoms with Crippen LogP contribution in [0.15, 0.2) is 27.4 Å². The molecule has 96 valence electrons. The first-order chi connectivity index (χ1) is 8.56. The second-order valence-electron chi connectivity index (χ2n) is 3.89. The Morgan fingerprint density at radius 1 is 1.56 bits per heavy atom. The molecular formula is C11H13N3O4. The summed E-state index contributed by atoms with van der Waals surface area (Å²) in [7, 11) is 0. The van der Waals surface area contributed by atoms with Gasteiger partial charge in [0.1, 0.15) is 6.04 Å². The Bertz CT molecular complexity index is 616. The summed E-state index contributed by atoms with van der Waals surface area (Å²) in [5, 5.41) is 11.6. The third kappa shape index (κ3) is 2.69. The molecule has 1 unspecified atom stereocenters. The molecule has 2 rings (SSSR count). The number of nitrogens with one attached hydrogen (secondary N) is 2. The number of anilines is 1. The van der Waals surface area contributed by atoms with Crippen LogP contribution < -0.4 is 16.8 Å². The summed E-state index contributed by atoms with van der Waals surface area (Å²) in [5.41, 5.74) is 7.18. The van der Waals surface area contributed by atoms with Crippen molar-refractivity contribution in [2.24, 2.45) is 5.73 Å². The quantitative estimate of drug-likeness (QED) is 0.607. The number of carboxylic acids is 1. The third-order valence-corrected chi connectivity index (χ3v) is 2.52. The Morgan fingerprint density at radius 2 is 2.33 bits per heavy atom. The van der Waals surface area contributed by atoms with Gasteiger partial charge in [-0.05, 0) is 18.6 Å². The minimum absolute atomic E-state index is 0.310. The molecule has 7 nitrogen and oxygen atoms in total. The highest BCUT2D eigenvalue weighted by Crippen LogP contribution is 2.16. The summed E-state index contributed by atoms with van der Waals surface area (Å²) in [6.07, 6.45) is 0.310. The predicted octanol–water partition coefficient (Wildman–Crippen LogP) is 0.335. The van der Waals surface area contributed by atoms with E-state index in [9.17, 15) is 9.59 Å². The van der Waals surface area contributed by atoms with E-state index in [4.69, 9.17) is 15.3 Å². The number of nitrogens with two attached hydrogens (primary N) is 1. The highest BCUT2D eigenvalue weighted by atomic mass is 16.4. The molecular weight excluding hydrogens is 238 g/mol. The molecule has 18 heavy (non-hydrogen) atoms. The van der Waals surface area contributed by atoms with Crippen molar-refractivity contribution in [3.8, 4) is 0 Å². The lowest BCUT2D eigenvalue weighted by Crippen LogP contribution is -2.32. The number of hydrogen-bond donors (Lipinski definition) is 4. The minimum atomic E-state index is -1.02. The van der Waals surface area contributed by atoms with Gasteiger partial charge in [0.25, 0.3) is 0 Å². The number of fused-ring (bicyclic) bond motifs is 1. The molecule has 0 saturated carbocycles. The van der Waals surface area contributed by atoms with Crippen molar-refractivity contribution >= 4 is 22.8 Å². The minimum Gasteiger partial charge on any atom is -0.480 e. The van der Waals surface area contributed by atoms with Crippen molar-refractivity contribution in [3.05, 3.63) is 28.7 Å². The van der Waals surface area contributed by atoms with Gasteiger partial charge in [-0.25, -0.2) is 4.79 Å². The molecule has 0 radical (unpaired) electrons. The topological polar surface area (TPSA) is 121 Å². The van der Waals surface area contributed by atoms with Gasteiger partial charge in [-0.1, -0.05) is 0 Å². The zero-order chi connectivity index (χ0) is 13.1. The Hall–Kier alpha value is -2.28. The Balaban J connectivity index is 1.99. The van der Waals surface area contributed by atoms with Crippen LogP contribution in [0.5, 0.6) is 0 Å². The van der Waals surface area contributed by atoms with Crippen molar-refractivity contribution in [1.82, 2.24) is 4.98 Å². The Kier molecular flexibility index (Phi) is 3.33. The van der Waals surface area contributed by atoms with Crippen LogP contribution in [-0.4, -0.2) is 28.6 Å². The highest BCUT2D eigenvalue weighted by molar-refractivity contribution is 5.76. The third-order valence-electron chi connectivity index (χ3n) is 2.52. The summed E-state index contributed by atoms with van der Waals surface area (Å²) in [6.45, 7) is 0.424. The van der Waals surface area contributed by atoms with E-state index in [1.54, 1.807) is 18.2 Å². The number of aromatic nitrogens is 1. The number of oxazole rings is 1. The Morgan fingerprint density at radius 3 is 3.06 bits per heavy atom. The molecule has 7 heteroatoms. The summed E-state index contributed by atoms with van der Waals surface area (Å²) in [4.78, 5) is 24.0. The standard InChI is InChI=1S/C11H13N3O4/c12-7(10(15)16)3-4-13-6-1-2-8-9(5-6)18-11(17)14-8/h1-2,5,7,13H,3-4,12H2,(H,14,17)(H,15,16). The summed E-state index contributed by atoms with van der Waals surface area (Å²) in [5.74, 6) is -1.53. The second-order valence-corrected chi connectivity index (χ2v) is 3.89. The fourth-order valence-electron chi connectivity index (χ4n) is 1.55. The number of carbonyl (C=O) groups is 1. The number of hydrogen-bond acceptors (Lipinski definition) is 5. The predicted molar refractivity (Wildman–Crippen MR) is 65.6 cm³/mol. The highest BCUT2D eigenvalue weighted by Gasteiger charge is 2.10. The van der Waals surface area contributed by atoms with E-state index in [2.05, 4.69) is 10.3 Å². The average Bonchev–Trinajstić information content (AvgIpc) is 2.68. The van der Waals surface area contributed by atoms with E-state index in [1.807, 2.05) is 0 Å². The molecule has 1 aromatic heterocycles. The molecule has 1 atom stereocenters. The zero-order valence-electron chi connectivity index (χ0n) is 9.47. The molecule has 0 fully saturated rings. The van der Waals surface area contributed by atoms with Crippen molar-refractivity contribution in [3.63, 3.8) is 0 Å². The van der Waals surface area contributed by atoms with Crippen LogP contribution in [0, 0.1) is 0 Å². The fraction of sp³-hybridized carbons (Fsp3) is 0.273. The maximum Gasteiger partial charge on any atom is 0.417 e. The number of aliphatic carboxylic acids is 1. The first-order valence-corrected chi connectivity index (χ1v) is 5.41. The molecule has 5 N–H and O–H groups in total.